The molecule has 3 N–H and O–H groups in total. The Kier molecular flexibility index (Phi) is 3.82. The Morgan fingerprint density at radius 2 is 2.21 bits per heavy atom. The van der Waals surface area contributed by atoms with E-state index in [1.54, 1.807) is 30.3 Å². The molecule has 1 heterocycles. The van der Waals surface area contributed by atoms with E-state index in [9.17, 15) is 4.79 Å². The number of anilines is 1. The molecule has 0 aliphatic rings. The number of rotatable bonds is 4. The second-order valence-corrected chi connectivity index (χ2v) is 4.31. The van der Waals surface area contributed by atoms with Gasteiger partial charge in [0.1, 0.15) is 5.82 Å². The van der Waals surface area contributed by atoms with Gasteiger partial charge in [-0.2, -0.15) is 0 Å². The highest BCUT2D eigenvalue weighted by molar-refractivity contribution is 5.99. The second kappa shape index (κ2) is 5.53. The van der Waals surface area contributed by atoms with Crippen LogP contribution in [-0.4, -0.2) is 27.4 Å². The molecule has 2 aromatic rings. The fourth-order valence-corrected chi connectivity index (χ4v) is 1.83. The Morgan fingerprint density at radius 1 is 1.47 bits per heavy atom. The van der Waals surface area contributed by atoms with Crippen molar-refractivity contribution >= 4 is 11.6 Å². The fraction of sp³-hybridized carbons (Fsp3) is 0.231. The van der Waals surface area contributed by atoms with Crippen LogP contribution in [-0.2, 0) is 13.6 Å². The van der Waals surface area contributed by atoms with Gasteiger partial charge in [-0.15, -0.1) is 0 Å². The largest absolute Gasteiger partial charge is 0.337 e. The maximum Gasteiger partial charge on any atom is 0.256 e. The Hall–Kier alpha value is -2.34. The van der Waals surface area contributed by atoms with Crippen molar-refractivity contribution < 1.29 is 4.79 Å². The molecule has 2 rings (SSSR count). The second-order valence-electron chi connectivity index (χ2n) is 4.31. The van der Waals surface area contributed by atoms with Crippen molar-refractivity contribution in [2.24, 2.45) is 12.9 Å². The fourth-order valence-electron chi connectivity index (χ4n) is 1.83. The van der Waals surface area contributed by atoms with E-state index in [0.29, 0.717) is 17.8 Å². The number of hydrazine groups is 1. The molecule has 0 atom stereocenters. The number of para-hydroxylation sites is 1. The number of carbonyl (C=O) groups is 1. The predicted octanol–water partition coefficient (Wildman–Crippen LogP) is 0.978. The molecule has 0 unspecified atom stereocenters. The number of nitrogens with two attached hydrogens (primary N) is 1. The van der Waals surface area contributed by atoms with E-state index in [1.165, 1.54) is 0 Å². The van der Waals surface area contributed by atoms with Crippen molar-refractivity contribution in [3.05, 3.63) is 48.0 Å². The Morgan fingerprint density at radius 3 is 2.84 bits per heavy atom. The van der Waals surface area contributed by atoms with Gasteiger partial charge in [0.05, 0.1) is 17.8 Å². The minimum atomic E-state index is -0.100. The lowest BCUT2D eigenvalue weighted by Gasteiger charge is -2.18. The topological polar surface area (TPSA) is 76.2 Å². The first-order chi connectivity index (χ1) is 9.13. The summed E-state index contributed by atoms with van der Waals surface area (Å²) in [4.78, 5) is 18.2. The third kappa shape index (κ3) is 2.74. The van der Waals surface area contributed by atoms with Crippen LogP contribution in [0.4, 0.5) is 5.69 Å². The SMILES string of the molecule is CN(Cc1nccn1C)C(=O)c1ccccc1NN. The molecule has 0 saturated heterocycles. The average Bonchev–Trinajstić information content (AvgIpc) is 2.83. The first kappa shape index (κ1) is 13.1. The maximum atomic E-state index is 12.4. The summed E-state index contributed by atoms with van der Waals surface area (Å²) in [5.74, 6) is 6.14. The molecule has 100 valence electrons. The third-order valence-electron chi connectivity index (χ3n) is 2.96. The normalized spacial score (nSPS) is 10.3. The van der Waals surface area contributed by atoms with Crippen molar-refractivity contribution in [3.63, 3.8) is 0 Å². The van der Waals surface area contributed by atoms with Crippen LogP contribution in [0.25, 0.3) is 0 Å². The zero-order chi connectivity index (χ0) is 13.8. The highest BCUT2D eigenvalue weighted by atomic mass is 16.2. The molecule has 0 fully saturated rings. The van der Waals surface area contributed by atoms with Crippen LogP contribution in [0.2, 0.25) is 0 Å². The number of hydrogen-bond acceptors (Lipinski definition) is 4. The Bertz CT molecular complexity index is 578. The number of hydrogen-bond donors (Lipinski definition) is 2. The van der Waals surface area contributed by atoms with Crippen molar-refractivity contribution in [2.75, 3.05) is 12.5 Å². The molecule has 1 amide bonds. The summed E-state index contributed by atoms with van der Waals surface area (Å²) in [5.41, 5.74) is 3.69. The Labute approximate surface area is 111 Å². The monoisotopic (exact) mass is 259 g/mol. The van der Waals surface area contributed by atoms with Gasteiger partial charge in [0, 0.05) is 26.5 Å². The van der Waals surface area contributed by atoms with Gasteiger partial charge >= 0.3 is 0 Å². The highest BCUT2D eigenvalue weighted by Crippen LogP contribution is 2.16. The van der Waals surface area contributed by atoms with Gasteiger partial charge in [-0.05, 0) is 12.1 Å². The molecule has 0 spiro atoms. The molecule has 6 heteroatoms. The van der Waals surface area contributed by atoms with Crippen LogP contribution in [0.15, 0.2) is 36.7 Å². The minimum Gasteiger partial charge on any atom is -0.337 e. The molecular weight excluding hydrogens is 242 g/mol. The van der Waals surface area contributed by atoms with E-state index >= 15 is 0 Å². The molecule has 1 aromatic carbocycles. The summed E-state index contributed by atoms with van der Waals surface area (Å²) in [6.45, 7) is 0.446. The van der Waals surface area contributed by atoms with Crippen LogP contribution >= 0.6 is 0 Å². The lowest BCUT2D eigenvalue weighted by Crippen LogP contribution is -2.28. The van der Waals surface area contributed by atoms with Crippen LogP contribution in [0.5, 0.6) is 0 Å². The predicted molar refractivity (Wildman–Crippen MR) is 73.3 cm³/mol. The number of imidazole rings is 1. The van der Waals surface area contributed by atoms with E-state index in [-0.39, 0.29) is 5.91 Å². The number of aryl methyl sites for hydroxylation is 1. The summed E-state index contributed by atoms with van der Waals surface area (Å²) < 4.78 is 1.89. The van der Waals surface area contributed by atoms with Gasteiger partial charge in [-0.3, -0.25) is 10.6 Å². The van der Waals surface area contributed by atoms with Crippen molar-refractivity contribution in [1.29, 1.82) is 0 Å². The van der Waals surface area contributed by atoms with E-state index in [0.717, 1.165) is 5.82 Å². The van der Waals surface area contributed by atoms with Gasteiger partial charge in [-0.25, -0.2) is 4.98 Å². The number of amides is 1. The molecule has 0 aliphatic heterocycles. The zero-order valence-corrected chi connectivity index (χ0v) is 11.0. The van der Waals surface area contributed by atoms with Crippen LogP contribution < -0.4 is 11.3 Å². The van der Waals surface area contributed by atoms with Gasteiger partial charge in [-0.1, -0.05) is 12.1 Å². The quantitative estimate of drug-likeness (QED) is 0.634. The molecule has 0 aliphatic carbocycles. The van der Waals surface area contributed by atoms with Gasteiger partial charge in [0.2, 0.25) is 0 Å². The molecule has 0 radical (unpaired) electrons. The van der Waals surface area contributed by atoms with Crippen LogP contribution in [0.3, 0.4) is 0 Å². The number of carbonyl (C=O) groups excluding carboxylic acids is 1. The molecule has 0 bridgehead atoms. The average molecular weight is 259 g/mol. The number of benzene rings is 1. The van der Waals surface area contributed by atoms with E-state index in [1.807, 2.05) is 29.9 Å². The minimum absolute atomic E-state index is 0.100. The van der Waals surface area contributed by atoms with Crippen molar-refractivity contribution in [2.45, 2.75) is 6.54 Å². The summed E-state index contributed by atoms with van der Waals surface area (Å²) in [5, 5.41) is 0. The number of nitrogen functional groups attached to an aromatic ring is 1. The molecule has 0 saturated carbocycles. The molecule has 19 heavy (non-hydrogen) atoms. The summed E-state index contributed by atoms with van der Waals surface area (Å²) >= 11 is 0. The van der Waals surface area contributed by atoms with E-state index < -0.39 is 0 Å². The van der Waals surface area contributed by atoms with Gasteiger partial charge in [0.25, 0.3) is 5.91 Å². The van der Waals surface area contributed by atoms with E-state index in [2.05, 4.69) is 10.4 Å². The van der Waals surface area contributed by atoms with Gasteiger partial charge < -0.3 is 14.9 Å². The number of nitrogens with zero attached hydrogens (tertiary/aromatic N) is 3. The first-order valence-corrected chi connectivity index (χ1v) is 5.90. The maximum absolute atomic E-state index is 12.4. The smallest absolute Gasteiger partial charge is 0.256 e. The first-order valence-electron chi connectivity index (χ1n) is 5.90. The van der Waals surface area contributed by atoms with Gasteiger partial charge in [0.15, 0.2) is 0 Å². The lowest BCUT2D eigenvalue weighted by molar-refractivity contribution is 0.0781. The number of aromatic nitrogens is 2. The standard InChI is InChI=1S/C13H17N5O/c1-17-8-7-15-12(17)9-18(2)13(19)10-5-3-4-6-11(10)16-14/h3-8,16H,9,14H2,1-2H3. The molecule has 1 aromatic heterocycles. The summed E-state index contributed by atoms with van der Waals surface area (Å²) in [6, 6.07) is 7.14. The zero-order valence-electron chi connectivity index (χ0n) is 11.0. The van der Waals surface area contributed by atoms with Crippen molar-refractivity contribution in [3.8, 4) is 0 Å². The summed E-state index contributed by atoms with van der Waals surface area (Å²) in [7, 11) is 3.64. The molecular formula is C13H17N5O. The lowest BCUT2D eigenvalue weighted by atomic mass is 10.1. The molecule has 6 nitrogen and oxygen atoms in total. The van der Waals surface area contributed by atoms with Crippen molar-refractivity contribution in [1.82, 2.24) is 14.5 Å². The van der Waals surface area contributed by atoms with E-state index in [4.69, 9.17) is 5.84 Å². The highest BCUT2D eigenvalue weighted by Gasteiger charge is 2.16. The van der Waals surface area contributed by atoms with Crippen LogP contribution in [0, 0.1) is 0 Å². The third-order valence-corrected chi connectivity index (χ3v) is 2.96. The number of nitrogens with one attached hydrogen (secondary N) is 1. The summed E-state index contributed by atoms with van der Waals surface area (Å²) in [6.07, 6.45) is 3.56. The Balaban J connectivity index is 2.17. The van der Waals surface area contributed by atoms with Crippen LogP contribution in [0.1, 0.15) is 16.2 Å².